The van der Waals surface area contributed by atoms with Crippen molar-refractivity contribution in [3.63, 3.8) is 0 Å². The van der Waals surface area contributed by atoms with Gasteiger partial charge in [0.2, 0.25) is 0 Å². The van der Waals surface area contributed by atoms with Crippen LogP contribution in [0.1, 0.15) is 22.8 Å². The highest BCUT2D eigenvalue weighted by atomic mass is 32.2. The van der Waals surface area contributed by atoms with E-state index in [1.807, 2.05) is 0 Å². The molecule has 150 valence electrons. The van der Waals surface area contributed by atoms with Crippen LogP contribution in [0, 0.1) is 6.92 Å². The predicted octanol–water partition coefficient (Wildman–Crippen LogP) is 2.10. The first-order chi connectivity index (χ1) is 13.2. The number of aryl methyl sites for hydroxylation is 1. The van der Waals surface area contributed by atoms with Gasteiger partial charge in [-0.2, -0.15) is 0 Å². The molecule has 0 radical (unpaired) electrons. The van der Waals surface area contributed by atoms with E-state index in [4.69, 9.17) is 9.47 Å². The van der Waals surface area contributed by atoms with Crippen LogP contribution in [0.25, 0.3) is 0 Å². The molecule has 2 aromatic carbocycles. The molecule has 28 heavy (non-hydrogen) atoms. The smallest absolute Gasteiger partial charge is 0.339 e. The molecule has 2 aromatic rings. The fourth-order valence-electron chi connectivity index (χ4n) is 2.40. The molecule has 0 aliphatic rings. The van der Waals surface area contributed by atoms with E-state index in [9.17, 15) is 18.0 Å². The highest BCUT2D eigenvalue weighted by molar-refractivity contribution is 7.92. The Morgan fingerprint density at radius 1 is 1.11 bits per heavy atom. The van der Waals surface area contributed by atoms with Gasteiger partial charge in [0.1, 0.15) is 5.75 Å². The molecule has 2 rings (SSSR count). The van der Waals surface area contributed by atoms with Crippen LogP contribution in [0.2, 0.25) is 0 Å². The third-order valence-corrected chi connectivity index (χ3v) is 5.35. The van der Waals surface area contributed by atoms with Crippen molar-refractivity contribution in [1.82, 2.24) is 5.32 Å². The minimum absolute atomic E-state index is 0.0543. The Morgan fingerprint density at radius 2 is 1.79 bits per heavy atom. The van der Waals surface area contributed by atoms with Crippen LogP contribution >= 0.6 is 0 Å². The second-order valence-corrected chi connectivity index (χ2v) is 7.63. The summed E-state index contributed by atoms with van der Waals surface area (Å²) in [6.07, 6.45) is -1.01. The lowest BCUT2D eigenvalue weighted by atomic mass is 10.1. The molecule has 0 saturated carbocycles. The Bertz CT molecular complexity index is 988. The Hall–Kier alpha value is -3.07. The Labute approximate surface area is 163 Å². The summed E-state index contributed by atoms with van der Waals surface area (Å²) in [6, 6.07) is 10.7. The van der Waals surface area contributed by atoms with Gasteiger partial charge in [0.25, 0.3) is 15.9 Å². The zero-order valence-electron chi connectivity index (χ0n) is 16.0. The van der Waals surface area contributed by atoms with Crippen LogP contribution < -0.4 is 14.8 Å². The van der Waals surface area contributed by atoms with Gasteiger partial charge in [-0.1, -0.05) is 18.2 Å². The molecule has 1 atom stereocenters. The fourth-order valence-corrected chi connectivity index (χ4v) is 3.50. The van der Waals surface area contributed by atoms with Gasteiger partial charge >= 0.3 is 5.97 Å². The normalized spacial score (nSPS) is 12.0. The van der Waals surface area contributed by atoms with Crippen LogP contribution in [-0.4, -0.2) is 40.6 Å². The molecule has 0 unspecified atom stereocenters. The molecule has 0 heterocycles. The maximum Gasteiger partial charge on any atom is 0.339 e. The van der Waals surface area contributed by atoms with Gasteiger partial charge in [0.15, 0.2) is 6.10 Å². The lowest BCUT2D eigenvalue weighted by Gasteiger charge is -2.15. The molecule has 0 saturated heterocycles. The largest absolute Gasteiger partial charge is 0.495 e. The number of para-hydroxylation sites is 2. The van der Waals surface area contributed by atoms with Crippen molar-refractivity contribution in [2.24, 2.45) is 0 Å². The Balaban J connectivity index is 2.33. The number of likely N-dealkylation sites (N-methyl/N-ethyl adjacent to an activating group) is 1. The minimum Gasteiger partial charge on any atom is -0.495 e. The highest BCUT2D eigenvalue weighted by Crippen LogP contribution is 2.27. The third kappa shape index (κ3) is 4.80. The standard InChI is InChI=1S/C19H22N2O6S/c1-12-9-10-14(11-15(12)19(23)27-13(2)18(22)20-3)28(24,25)21-16-7-5-6-8-17(16)26-4/h5-11,13,21H,1-4H3,(H,20,22)/t13-/m1/s1. The second-order valence-electron chi connectivity index (χ2n) is 5.94. The highest BCUT2D eigenvalue weighted by Gasteiger charge is 2.23. The molecule has 0 aliphatic carbocycles. The molecular formula is C19H22N2O6S. The summed E-state index contributed by atoms with van der Waals surface area (Å²) in [7, 11) is -1.13. The molecular weight excluding hydrogens is 384 g/mol. The maximum atomic E-state index is 12.7. The van der Waals surface area contributed by atoms with Crippen molar-refractivity contribution >= 4 is 27.6 Å². The van der Waals surface area contributed by atoms with Crippen LogP contribution in [-0.2, 0) is 19.6 Å². The first-order valence-electron chi connectivity index (χ1n) is 8.38. The van der Waals surface area contributed by atoms with E-state index >= 15 is 0 Å². The van der Waals surface area contributed by atoms with Crippen molar-refractivity contribution in [1.29, 1.82) is 0 Å². The number of sulfonamides is 1. The van der Waals surface area contributed by atoms with Crippen molar-refractivity contribution < 1.29 is 27.5 Å². The van der Waals surface area contributed by atoms with E-state index in [0.717, 1.165) is 0 Å². The van der Waals surface area contributed by atoms with Gasteiger partial charge in [0, 0.05) is 7.05 Å². The number of carbonyl (C=O) groups excluding carboxylic acids is 2. The quantitative estimate of drug-likeness (QED) is 0.681. The van der Waals surface area contributed by atoms with Crippen molar-refractivity contribution in [3.8, 4) is 5.75 Å². The maximum absolute atomic E-state index is 12.7. The summed E-state index contributed by atoms with van der Waals surface area (Å²) in [6.45, 7) is 3.07. The molecule has 0 aliphatic heterocycles. The number of anilines is 1. The molecule has 0 spiro atoms. The van der Waals surface area contributed by atoms with Crippen molar-refractivity contribution in [3.05, 3.63) is 53.6 Å². The van der Waals surface area contributed by atoms with Gasteiger partial charge < -0.3 is 14.8 Å². The van der Waals surface area contributed by atoms with E-state index in [1.165, 1.54) is 39.3 Å². The predicted molar refractivity (Wildman–Crippen MR) is 104 cm³/mol. The van der Waals surface area contributed by atoms with Crippen molar-refractivity contribution in [2.45, 2.75) is 24.8 Å². The Morgan fingerprint density at radius 3 is 2.43 bits per heavy atom. The zero-order chi connectivity index (χ0) is 20.9. The molecule has 0 bridgehead atoms. The number of rotatable bonds is 7. The van der Waals surface area contributed by atoms with Gasteiger partial charge in [-0.15, -0.1) is 0 Å². The molecule has 0 aromatic heterocycles. The number of hydrogen-bond acceptors (Lipinski definition) is 6. The fraction of sp³-hybridized carbons (Fsp3) is 0.263. The van der Waals surface area contributed by atoms with Crippen molar-refractivity contribution in [2.75, 3.05) is 18.9 Å². The summed E-state index contributed by atoms with van der Waals surface area (Å²) in [4.78, 5) is 23.8. The van der Waals surface area contributed by atoms with E-state index < -0.39 is 28.0 Å². The number of esters is 1. The van der Waals surface area contributed by atoms with Crippen LogP contribution in [0.5, 0.6) is 5.75 Å². The van der Waals surface area contributed by atoms with E-state index in [-0.39, 0.29) is 16.1 Å². The Kier molecular flexibility index (Phi) is 6.63. The topological polar surface area (TPSA) is 111 Å². The van der Waals surface area contributed by atoms with Crippen LogP contribution in [0.3, 0.4) is 0 Å². The van der Waals surface area contributed by atoms with E-state index in [2.05, 4.69) is 10.0 Å². The molecule has 1 amide bonds. The van der Waals surface area contributed by atoms with E-state index in [1.54, 1.807) is 31.2 Å². The molecule has 8 nitrogen and oxygen atoms in total. The number of nitrogens with one attached hydrogen (secondary N) is 2. The van der Waals surface area contributed by atoms with E-state index in [0.29, 0.717) is 11.3 Å². The summed E-state index contributed by atoms with van der Waals surface area (Å²) in [5.74, 6) is -0.896. The summed E-state index contributed by atoms with van der Waals surface area (Å²) < 4.78 is 38.2. The lowest BCUT2D eigenvalue weighted by Crippen LogP contribution is -2.33. The van der Waals surface area contributed by atoms with Gasteiger partial charge in [-0.25, -0.2) is 13.2 Å². The SMILES string of the molecule is CNC(=O)[C@@H](C)OC(=O)c1cc(S(=O)(=O)Nc2ccccc2OC)ccc1C. The number of methoxy groups -OCH3 is 1. The second kappa shape index (κ2) is 8.75. The van der Waals surface area contributed by atoms with Gasteiger partial charge in [-0.3, -0.25) is 9.52 Å². The first kappa shape index (κ1) is 21.2. The number of carbonyl (C=O) groups is 2. The lowest BCUT2D eigenvalue weighted by molar-refractivity contribution is -0.128. The number of amides is 1. The number of benzene rings is 2. The molecule has 0 fully saturated rings. The molecule has 2 N–H and O–H groups in total. The average molecular weight is 406 g/mol. The van der Waals surface area contributed by atoms with Crippen LogP contribution in [0.4, 0.5) is 5.69 Å². The summed E-state index contributed by atoms with van der Waals surface area (Å²) in [5.41, 5.74) is 0.840. The van der Waals surface area contributed by atoms with Crippen LogP contribution in [0.15, 0.2) is 47.4 Å². The van der Waals surface area contributed by atoms with Gasteiger partial charge in [-0.05, 0) is 43.7 Å². The zero-order valence-corrected chi connectivity index (χ0v) is 16.8. The first-order valence-corrected chi connectivity index (χ1v) is 9.87. The molecule has 9 heteroatoms. The third-order valence-electron chi connectivity index (χ3n) is 3.99. The van der Waals surface area contributed by atoms with Gasteiger partial charge in [0.05, 0.1) is 23.3 Å². The number of hydrogen-bond donors (Lipinski definition) is 2. The number of ether oxygens (including phenoxy) is 2. The average Bonchev–Trinajstić information content (AvgIpc) is 2.67. The monoisotopic (exact) mass is 406 g/mol. The summed E-state index contributed by atoms with van der Waals surface area (Å²) >= 11 is 0. The minimum atomic E-state index is -3.99. The summed E-state index contributed by atoms with van der Waals surface area (Å²) in [5, 5.41) is 2.38.